The van der Waals surface area contributed by atoms with Crippen LogP contribution in [0.25, 0.3) is 0 Å². The standard InChI is InChI=1S/C32H44O9/c1-15-11-24(40-29(37)20(15)14-38-17(3)33)16(2)21-7-8-22-19-12-27-32(41-27)28(36)25(39-18(4)34)13-26(35)31(32,6)23(19)9-10-30(21,22)5/h16,19,21-25,27-28,36H,7-14H2,1-6H3/t16-,19-,21+,22-,23-,24+,25-,27+,28-,30+,31-,32-/m0/s1. The minimum atomic E-state index is -1.01. The fourth-order valence-corrected chi connectivity index (χ4v) is 10.5. The predicted octanol–water partition coefficient (Wildman–Crippen LogP) is 3.69. The van der Waals surface area contributed by atoms with Crippen molar-refractivity contribution in [3.05, 3.63) is 11.1 Å². The summed E-state index contributed by atoms with van der Waals surface area (Å²) < 4.78 is 22.7. The van der Waals surface area contributed by atoms with Crippen molar-refractivity contribution in [3.8, 4) is 0 Å². The van der Waals surface area contributed by atoms with E-state index in [4.69, 9.17) is 18.9 Å². The lowest BCUT2D eigenvalue weighted by Gasteiger charge is -2.59. The van der Waals surface area contributed by atoms with Gasteiger partial charge >= 0.3 is 17.9 Å². The molecule has 4 saturated carbocycles. The number of rotatable bonds is 5. The Morgan fingerprint density at radius 2 is 1.80 bits per heavy atom. The molecule has 5 fully saturated rings. The monoisotopic (exact) mass is 572 g/mol. The van der Waals surface area contributed by atoms with E-state index in [1.54, 1.807) is 0 Å². The molecule has 0 bridgehead atoms. The van der Waals surface area contributed by atoms with E-state index < -0.39 is 35.2 Å². The van der Waals surface area contributed by atoms with Crippen molar-refractivity contribution >= 4 is 23.7 Å². The molecule has 6 rings (SSSR count). The first-order chi connectivity index (χ1) is 19.3. The van der Waals surface area contributed by atoms with Gasteiger partial charge in [-0.25, -0.2) is 4.79 Å². The summed E-state index contributed by atoms with van der Waals surface area (Å²) in [5.74, 6) is 0.0928. The molecule has 1 saturated heterocycles. The summed E-state index contributed by atoms with van der Waals surface area (Å²) in [6.45, 7) is 11.1. The number of aliphatic hydroxyl groups is 1. The Morgan fingerprint density at radius 3 is 2.46 bits per heavy atom. The lowest BCUT2D eigenvalue weighted by Crippen LogP contribution is -2.68. The number of carbonyl (C=O) groups excluding carboxylic acids is 4. The van der Waals surface area contributed by atoms with Crippen molar-refractivity contribution in [1.29, 1.82) is 0 Å². The van der Waals surface area contributed by atoms with Gasteiger partial charge in [-0.3, -0.25) is 14.4 Å². The average molecular weight is 573 g/mol. The molecule has 9 nitrogen and oxygen atoms in total. The molecular weight excluding hydrogens is 528 g/mol. The summed E-state index contributed by atoms with van der Waals surface area (Å²) in [6.07, 6.45) is 3.11. The molecule has 0 aromatic heterocycles. The third-order valence-corrected chi connectivity index (χ3v) is 12.6. The number of ether oxygens (including phenoxy) is 4. The number of epoxide rings is 1. The molecule has 9 heteroatoms. The molecule has 0 amide bonds. The van der Waals surface area contributed by atoms with Gasteiger partial charge in [-0.15, -0.1) is 0 Å². The Morgan fingerprint density at radius 1 is 1.07 bits per heavy atom. The van der Waals surface area contributed by atoms with Gasteiger partial charge in [0.15, 0.2) is 0 Å². The molecule has 1 N–H and O–H groups in total. The quantitative estimate of drug-likeness (QED) is 0.298. The second-order valence-electron chi connectivity index (χ2n) is 14.2. The van der Waals surface area contributed by atoms with E-state index >= 15 is 0 Å². The molecule has 6 aliphatic rings. The number of aliphatic hydroxyl groups excluding tert-OH is 1. The molecular formula is C32H44O9. The maximum atomic E-state index is 13.8. The van der Waals surface area contributed by atoms with E-state index in [1.165, 1.54) is 13.8 Å². The van der Waals surface area contributed by atoms with E-state index in [2.05, 4.69) is 13.8 Å². The minimum Gasteiger partial charge on any atom is -0.461 e. The van der Waals surface area contributed by atoms with Crippen molar-refractivity contribution in [2.75, 3.05) is 6.61 Å². The van der Waals surface area contributed by atoms with Gasteiger partial charge in [0.1, 0.15) is 36.3 Å². The summed E-state index contributed by atoms with van der Waals surface area (Å²) in [5, 5.41) is 11.4. The van der Waals surface area contributed by atoms with Gasteiger partial charge in [-0.05, 0) is 81.0 Å². The molecule has 0 aromatic carbocycles. The zero-order chi connectivity index (χ0) is 29.6. The normalized spacial score (nSPS) is 47.3. The summed E-state index contributed by atoms with van der Waals surface area (Å²) >= 11 is 0. The average Bonchev–Trinajstić information content (AvgIpc) is 3.52. The number of ketones is 1. The third-order valence-electron chi connectivity index (χ3n) is 12.6. The highest BCUT2D eigenvalue weighted by atomic mass is 16.6. The van der Waals surface area contributed by atoms with E-state index in [-0.39, 0.29) is 54.2 Å². The number of hydrogen-bond donors (Lipinski definition) is 1. The van der Waals surface area contributed by atoms with E-state index in [9.17, 15) is 24.3 Å². The van der Waals surface area contributed by atoms with Crippen LogP contribution in [0.1, 0.15) is 86.5 Å². The van der Waals surface area contributed by atoms with Crippen molar-refractivity contribution in [1.82, 2.24) is 0 Å². The Bertz CT molecular complexity index is 1210. The van der Waals surface area contributed by atoms with Gasteiger partial charge in [0.05, 0.1) is 17.1 Å². The second kappa shape index (κ2) is 9.63. The first-order valence-corrected chi connectivity index (χ1v) is 15.3. The molecule has 2 heterocycles. The van der Waals surface area contributed by atoms with Crippen LogP contribution in [0.2, 0.25) is 0 Å². The zero-order valence-electron chi connectivity index (χ0n) is 25.1. The SMILES string of the molecule is CC(=O)OCC1=C(C)C[C@H]([C@@H](C)[C@H]2CC[C@H]3[C@@H]4C[C@H]5O[C@]56[C@@H](O)[C@@H](OC(C)=O)CC(=O)[C@]6(C)[C@H]4CC[C@]23C)OC1=O. The summed E-state index contributed by atoms with van der Waals surface area (Å²) in [6, 6.07) is 0. The van der Waals surface area contributed by atoms with Crippen LogP contribution in [0.4, 0.5) is 0 Å². The highest BCUT2D eigenvalue weighted by molar-refractivity contribution is 5.91. The Labute approximate surface area is 241 Å². The Balaban J connectivity index is 1.21. The summed E-state index contributed by atoms with van der Waals surface area (Å²) in [5.41, 5.74) is -0.359. The van der Waals surface area contributed by atoms with Crippen LogP contribution in [0.5, 0.6) is 0 Å². The van der Waals surface area contributed by atoms with Crippen molar-refractivity contribution in [3.63, 3.8) is 0 Å². The van der Waals surface area contributed by atoms with E-state index in [1.807, 2.05) is 13.8 Å². The van der Waals surface area contributed by atoms with Gasteiger partial charge in [-0.1, -0.05) is 19.4 Å². The smallest absolute Gasteiger partial charge is 0.337 e. The number of fused-ring (bicyclic) bond motifs is 4. The molecule has 12 atom stereocenters. The van der Waals surface area contributed by atoms with Crippen LogP contribution in [0, 0.1) is 40.4 Å². The molecule has 1 spiro atoms. The topological polar surface area (TPSA) is 129 Å². The molecule has 0 aromatic rings. The number of Topliss-reactive ketones (excluding diaryl/α,β-unsaturated/α-hetero) is 1. The lowest BCUT2D eigenvalue weighted by molar-refractivity contribution is -0.190. The van der Waals surface area contributed by atoms with Crippen LogP contribution in [0.15, 0.2) is 11.1 Å². The molecule has 0 unspecified atom stereocenters. The first kappa shape index (κ1) is 28.8. The summed E-state index contributed by atoms with van der Waals surface area (Å²) in [4.78, 5) is 49.7. The van der Waals surface area contributed by atoms with E-state index in [0.717, 1.165) is 37.7 Å². The molecule has 226 valence electrons. The maximum absolute atomic E-state index is 13.8. The fraction of sp³-hybridized carbons (Fsp3) is 0.812. The zero-order valence-corrected chi connectivity index (χ0v) is 25.1. The third kappa shape index (κ3) is 4.00. The van der Waals surface area contributed by atoms with Gasteiger partial charge in [0.25, 0.3) is 0 Å². The van der Waals surface area contributed by atoms with Crippen LogP contribution in [-0.4, -0.2) is 65.4 Å². The van der Waals surface area contributed by atoms with Gasteiger partial charge < -0.3 is 24.1 Å². The highest BCUT2D eigenvalue weighted by Gasteiger charge is 2.82. The van der Waals surface area contributed by atoms with Gasteiger partial charge in [-0.2, -0.15) is 0 Å². The second-order valence-corrected chi connectivity index (χ2v) is 14.2. The molecule has 0 radical (unpaired) electrons. The van der Waals surface area contributed by atoms with Crippen LogP contribution in [-0.2, 0) is 38.1 Å². The largest absolute Gasteiger partial charge is 0.461 e. The van der Waals surface area contributed by atoms with E-state index in [0.29, 0.717) is 29.7 Å². The number of esters is 3. The Hall–Kier alpha value is -2.26. The van der Waals surface area contributed by atoms with Gasteiger partial charge in [0.2, 0.25) is 0 Å². The van der Waals surface area contributed by atoms with Crippen LogP contribution >= 0.6 is 0 Å². The Kier molecular flexibility index (Phi) is 6.77. The number of carbonyl (C=O) groups is 4. The first-order valence-electron chi connectivity index (χ1n) is 15.3. The number of cyclic esters (lactones) is 1. The van der Waals surface area contributed by atoms with Crippen LogP contribution in [0.3, 0.4) is 0 Å². The minimum absolute atomic E-state index is 0.0270. The van der Waals surface area contributed by atoms with Crippen LogP contribution < -0.4 is 0 Å². The van der Waals surface area contributed by atoms with Crippen molar-refractivity contribution < 1.29 is 43.2 Å². The van der Waals surface area contributed by atoms with Crippen molar-refractivity contribution in [2.45, 2.75) is 117 Å². The molecule has 2 aliphatic heterocycles. The fourth-order valence-electron chi connectivity index (χ4n) is 10.5. The summed E-state index contributed by atoms with van der Waals surface area (Å²) in [7, 11) is 0. The maximum Gasteiger partial charge on any atom is 0.337 e. The van der Waals surface area contributed by atoms with Gasteiger partial charge in [0, 0.05) is 26.7 Å². The number of hydrogen-bond acceptors (Lipinski definition) is 9. The predicted molar refractivity (Wildman–Crippen MR) is 145 cm³/mol. The van der Waals surface area contributed by atoms with Crippen molar-refractivity contribution in [2.24, 2.45) is 40.4 Å². The lowest BCUT2D eigenvalue weighted by atomic mass is 9.43. The molecule has 41 heavy (non-hydrogen) atoms. The molecule has 4 aliphatic carbocycles. The highest BCUT2D eigenvalue weighted by Crippen LogP contribution is 2.73.